The molecule has 0 aliphatic carbocycles. The molecule has 0 unspecified atom stereocenters. The second-order valence-electron chi connectivity index (χ2n) is 6.72. The van der Waals surface area contributed by atoms with Gasteiger partial charge in [-0.3, -0.25) is 0 Å². The van der Waals surface area contributed by atoms with E-state index in [0.717, 1.165) is 24.6 Å². The molecule has 1 heterocycles. The van der Waals surface area contributed by atoms with Gasteiger partial charge in [-0.25, -0.2) is 9.48 Å². The van der Waals surface area contributed by atoms with Crippen molar-refractivity contribution >= 4 is 17.7 Å². The zero-order valence-corrected chi connectivity index (χ0v) is 16.0. The lowest BCUT2D eigenvalue weighted by atomic mass is 10.1. The van der Waals surface area contributed by atoms with Crippen LogP contribution in [0.2, 0.25) is 0 Å². The molecule has 0 saturated carbocycles. The van der Waals surface area contributed by atoms with Crippen LogP contribution < -0.4 is 14.4 Å². The quantitative estimate of drug-likeness (QED) is 0.783. The van der Waals surface area contributed by atoms with Gasteiger partial charge in [0.2, 0.25) is 6.34 Å². The van der Waals surface area contributed by atoms with Crippen LogP contribution in [-0.2, 0) is 0 Å². The Hall–Kier alpha value is -2.49. The van der Waals surface area contributed by atoms with E-state index in [1.165, 1.54) is 33.6 Å². The maximum absolute atomic E-state index is 5.39. The monoisotopic (exact) mass is 339 g/mol. The number of anilines is 1. The standard InChI is InChI=1S/C21H27N2O2/c1-14-9-18(24-5)10-15(2)20(14)22-7-8-23(13-22)21-16(3)11-19(25-6)12-17(21)4/h9-13H,7-8H2,1-6H3/q+1. The van der Waals surface area contributed by atoms with Gasteiger partial charge >= 0.3 is 0 Å². The molecule has 4 heteroatoms. The molecule has 1 aliphatic heterocycles. The fraction of sp³-hybridized carbons (Fsp3) is 0.381. The Morgan fingerprint density at radius 1 is 0.800 bits per heavy atom. The second kappa shape index (κ2) is 6.79. The number of nitrogens with zero attached hydrogens (tertiary/aromatic N) is 2. The molecule has 25 heavy (non-hydrogen) atoms. The first kappa shape index (κ1) is 17.3. The van der Waals surface area contributed by atoms with Gasteiger partial charge in [-0.15, -0.1) is 0 Å². The average molecular weight is 339 g/mol. The van der Waals surface area contributed by atoms with E-state index >= 15 is 0 Å². The molecular formula is C21H27N2O2+. The highest BCUT2D eigenvalue weighted by Crippen LogP contribution is 2.33. The molecule has 0 N–H and O–H groups in total. The number of rotatable bonds is 4. The van der Waals surface area contributed by atoms with Crippen LogP contribution in [0.15, 0.2) is 24.3 Å². The number of benzene rings is 2. The van der Waals surface area contributed by atoms with Crippen LogP contribution in [0, 0.1) is 27.7 Å². The Morgan fingerprint density at radius 3 is 1.76 bits per heavy atom. The zero-order chi connectivity index (χ0) is 18.1. The minimum atomic E-state index is 0.914. The van der Waals surface area contributed by atoms with Gasteiger partial charge in [0, 0.05) is 0 Å². The van der Waals surface area contributed by atoms with Crippen molar-refractivity contribution in [3.05, 3.63) is 46.5 Å². The van der Waals surface area contributed by atoms with Gasteiger partial charge in [0.15, 0.2) is 0 Å². The van der Waals surface area contributed by atoms with Crippen molar-refractivity contribution < 1.29 is 14.0 Å². The maximum Gasteiger partial charge on any atom is 0.244 e. The molecule has 0 amide bonds. The molecule has 3 rings (SSSR count). The van der Waals surface area contributed by atoms with Crippen LogP contribution in [-0.4, -0.2) is 38.2 Å². The van der Waals surface area contributed by atoms with Crippen LogP contribution in [0.4, 0.5) is 11.4 Å². The van der Waals surface area contributed by atoms with Crippen molar-refractivity contribution in [3.63, 3.8) is 0 Å². The topological polar surface area (TPSA) is 24.7 Å². The summed E-state index contributed by atoms with van der Waals surface area (Å²) >= 11 is 0. The van der Waals surface area contributed by atoms with Crippen molar-refractivity contribution in [1.29, 1.82) is 0 Å². The van der Waals surface area contributed by atoms with E-state index in [-0.39, 0.29) is 0 Å². The van der Waals surface area contributed by atoms with Crippen LogP contribution in [0.3, 0.4) is 0 Å². The van der Waals surface area contributed by atoms with Gasteiger partial charge in [-0.2, -0.15) is 0 Å². The van der Waals surface area contributed by atoms with Crippen molar-refractivity contribution in [2.24, 2.45) is 0 Å². The molecular weight excluding hydrogens is 312 g/mol. The van der Waals surface area contributed by atoms with E-state index in [1.807, 2.05) is 0 Å². The summed E-state index contributed by atoms with van der Waals surface area (Å²) in [6.45, 7) is 10.5. The van der Waals surface area contributed by atoms with E-state index in [0.29, 0.717) is 0 Å². The van der Waals surface area contributed by atoms with E-state index in [4.69, 9.17) is 9.47 Å². The summed E-state index contributed by atoms with van der Waals surface area (Å²) in [5.41, 5.74) is 7.48. The van der Waals surface area contributed by atoms with E-state index in [2.05, 4.69) is 67.8 Å². The smallest absolute Gasteiger partial charge is 0.244 e. The highest BCUT2D eigenvalue weighted by molar-refractivity contribution is 5.82. The van der Waals surface area contributed by atoms with E-state index in [1.54, 1.807) is 14.2 Å². The highest BCUT2D eigenvalue weighted by Gasteiger charge is 2.27. The number of ether oxygens (including phenoxy) is 2. The summed E-state index contributed by atoms with van der Waals surface area (Å²) in [6, 6.07) is 8.40. The summed E-state index contributed by atoms with van der Waals surface area (Å²) in [6.07, 6.45) is 2.23. The third-order valence-corrected chi connectivity index (χ3v) is 4.84. The lowest BCUT2D eigenvalue weighted by Gasteiger charge is -2.14. The maximum atomic E-state index is 5.39. The first-order valence-corrected chi connectivity index (χ1v) is 8.63. The molecule has 1 aliphatic rings. The van der Waals surface area contributed by atoms with Crippen molar-refractivity contribution in [1.82, 2.24) is 0 Å². The number of aryl methyl sites for hydroxylation is 4. The SMILES string of the molecule is COc1cc(C)c(N2C=[N+](c3c(C)cc(OC)cc3C)CC2)c(C)c1. The molecule has 0 saturated heterocycles. The molecule has 2 aromatic rings. The first-order valence-electron chi connectivity index (χ1n) is 8.63. The Balaban J connectivity index is 1.99. The summed E-state index contributed by atoms with van der Waals surface area (Å²) < 4.78 is 13.1. The van der Waals surface area contributed by atoms with Gasteiger partial charge in [-0.05, 0) is 74.2 Å². The van der Waals surface area contributed by atoms with Gasteiger partial charge in [0.25, 0.3) is 0 Å². The Labute approximate surface area is 150 Å². The minimum Gasteiger partial charge on any atom is -0.497 e. The van der Waals surface area contributed by atoms with Gasteiger partial charge in [0.05, 0.1) is 14.2 Å². The lowest BCUT2D eigenvalue weighted by Crippen LogP contribution is -2.20. The summed E-state index contributed by atoms with van der Waals surface area (Å²) in [7, 11) is 3.43. The van der Waals surface area contributed by atoms with Crippen molar-refractivity contribution in [2.45, 2.75) is 27.7 Å². The van der Waals surface area contributed by atoms with Gasteiger partial charge in [0.1, 0.15) is 36.0 Å². The predicted octanol–water partition coefficient (Wildman–Crippen LogP) is 4.13. The van der Waals surface area contributed by atoms with Crippen molar-refractivity contribution in [2.75, 3.05) is 32.2 Å². The van der Waals surface area contributed by atoms with Crippen LogP contribution in [0.1, 0.15) is 22.3 Å². The number of hydrogen-bond donors (Lipinski definition) is 0. The third kappa shape index (κ3) is 3.21. The molecule has 132 valence electrons. The molecule has 0 bridgehead atoms. The summed E-state index contributed by atoms with van der Waals surface area (Å²) in [5.74, 6) is 1.83. The normalized spacial score (nSPS) is 13.8. The van der Waals surface area contributed by atoms with E-state index in [9.17, 15) is 0 Å². The predicted molar refractivity (Wildman–Crippen MR) is 103 cm³/mol. The third-order valence-electron chi connectivity index (χ3n) is 4.84. The summed E-state index contributed by atoms with van der Waals surface area (Å²) in [5, 5.41) is 0. The fourth-order valence-corrected chi connectivity index (χ4v) is 3.81. The van der Waals surface area contributed by atoms with Crippen LogP contribution in [0.5, 0.6) is 11.5 Å². The van der Waals surface area contributed by atoms with Gasteiger partial charge in [-0.1, -0.05) is 0 Å². The Bertz CT molecular complexity index is 794. The molecule has 4 nitrogen and oxygen atoms in total. The molecule has 0 atom stereocenters. The molecule has 2 aromatic carbocycles. The Morgan fingerprint density at radius 2 is 1.28 bits per heavy atom. The summed E-state index contributed by atoms with van der Waals surface area (Å²) in [4.78, 5) is 2.34. The largest absolute Gasteiger partial charge is 0.497 e. The zero-order valence-electron chi connectivity index (χ0n) is 16.0. The Kier molecular flexibility index (Phi) is 4.71. The highest BCUT2D eigenvalue weighted by atomic mass is 16.5. The first-order chi connectivity index (χ1) is 11.9. The molecule has 0 aromatic heterocycles. The minimum absolute atomic E-state index is 0.914. The van der Waals surface area contributed by atoms with Crippen LogP contribution in [0.25, 0.3) is 0 Å². The average Bonchev–Trinajstić information content (AvgIpc) is 3.02. The van der Waals surface area contributed by atoms with E-state index < -0.39 is 0 Å². The van der Waals surface area contributed by atoms with Gasteiger partial charge < -0.3 is 9.47 Å². The van der Waals surface area contributed by atoms with Crippen LogP contribution >= 0.6 is 0 Å². The lowest BCUT2D eigenvalue weighted by molar-refractivity contribution is -0.425. The van der Waals surface area contributed by atoms with Crippen molar-refractivity contribution in [3.8, 4) is 11.5 Å². The molecule has 0 spiro atoms. The number of methoxy groups -OCH3 is 2. The second-order valence-corrected chi connectivity index (χ2v) is 6.72. The fourth-order valence-electron chi connectivity index (χ4n) is 3.81. The molecule has 0 fully saturated rings. The number of hydrogen-bond acceptors (Lipinski definition) is 3. The molecule has 0 radical (unpaired) electrons.